The summed E-state index contributed by atoms with van der Waals surface area (Å²) < 4.78 is 7.34. The number of amides is 2. The van der Waals surface area contributed by atoms with E-state index in [2.05, 4.69) is 20.4 Å². The molecule has 0 spiro atoms. The van der Waals surface area contributed by atoms with E-state index in [1.807, 2.05) is 51.1 Å². The van der Waals surface area contributed by atoms with Gasteiger partial charge in [-0.1, -0.05) is 23.8 Å². The maximum absolute atomic E-state index is 13.7. The molecule has 2 amide bonds. The Morgan fingerprint density at radius 2 is 1.77 bits per heavy atom. The maximum atomic E-state index is 13.7. The number of aromatic nitrogens is 1. The van der Waals surface area contributed by atoms with Gasteiger partial charge in [0, 0.05) is 33.1 Å². The molecule has 39 heavy (non-hydrogen) atoms. The molecule has 0 aliphatic heterocycles. The molecular formula is C31H32N4O3S. The van der Waals surface area contributed by atoms with Gasteiger partial charge < -0.3 is 14.6 Å². The Hall–Kier alpha value is -4.17. The van der Waals surface area contributed by atoms with Crippen LogP contribution in [0.3, 0.4) is 0 Å². The third-order valence-corrected chi connectivity index (χ3v) is 8.34. The van der Waals surface area contributed by atoms with Crippen LogP contribution in [0.15, 0.2) is 59.7 Å². The number of hydrogen-bond acceptors (Lipinski definition) is 5. The molecule has 7 nitrogen and oxygen atoms in total. The number of anilines is 1. The van der Waals surface area contributed by atoms with Crippen molar-refractivity contribution in [3.8, 4) is 10.8 Å². The molecule has 1 aliphatic carbocycles. The smallest absolute Gasteiger partial charge is 0.271 e. The predicted octanol–water partition coefficient (Wildman–Crippen LogP) is 6.37. The summed E-state index contributed by atoms with van der Waals surface area (Å²) in [5.74, 6) is 0.206. The van der Waals surface area contributed by atoms with Crippen LogP contribution in [0.4, 0.5) is 5.69 Å². The van der Waals surface area contributed by atoms with Crippen LogP contribution in [0.25, 0.3) is 5.00 Å². The molecule has 2 aromatic carbocycles. The molecule has 1 aliphatic rings. The van der Waals surface area contributed by atoms with Gasteiger partial charge in [0.25, 0.3) is 11.8 Å². The molecule has 2 N–H and O–H groups in total. The number of aryl methyl sites for hydroxylation is 3. The fraction of sp³-hybridized carbons (Fsp3) is 0.258. The molecule has 4 aromatic rings. The fourth-order valence-corrected chi connectivity index (χ4v) is 6.49. The largest absolute Gasteiger partial charge is 0.497 e. The van der Waals surface area contributed by atoms with Gasteiger partial charge in [-0.15, -0.1) is 11.3 Å². The fourth-order valence-electron chi connectivity index (χ4n) is 4.99. The first kappa shape index (κ1) is 26.4. The highest BCUT2D eigenvalue weighted by Gasteiger charge is 2.28. The van der Waals surface area contributed by atoms with E-state index in [1.165, 1.54) is 10.4 Å². The Morgan fingerprint density at radius 1 is 1.00 bits per heavy atom. The van der Waals surface area contributed by atoms with Crippen LogP contribution in [0.5, 0.6) is 5.75 Å². The lowest BCUT2D eigenvalue weighted by Crippen LogP contribution is -2.17. The SMILES string of the molecule is COc1cccc(C(=O)N/N=C\c2cc(C)n(-c3sc4c(c3C(=O)Nc3ccc(C)cc3)CCCC4)c2C)c1. The summed E-state index contributed by atoms with van der Waals surface area (Å²) in [5.41, 5.74) is 9.74. The van der Waals surface area contributed by atoms with Gasteiger partial charge >= 0.3 is 0 Å². The highest BCUT2D eigenvalue weighted by molar-refractivity contribution is 7.15. The number of benzene rings is 2. The Bertz CT molecular complexity index is 1560. The van der Waals surface area contributed by atoms with Gasteiger partial charge in [0.2, 0.25) is 0 Å². The van der Waals surface area contributed by atoms with Gasteiger partial charge in [0.15, 0.2) is 0 Å². The number of rotatable bonds is 7. The molecule has 2 heterocycles. The summed E-state index contributed by atoms with van der Waals surface area (Å²) in [7, 11) is 1.56. The number of hydrogen-bond donors (Lipinski definition) is 2. The monoisotopic (exact) mass is 540 g/mol. The Kier molecular flexibility index (Phi) is 7.65. The molecule has 8 heteroatoms. The van der Waals surface area contributed by atoms with Gasteiger partial charge in [0.05, 0.1) is 18.9 Å². The topological polar surface area (TPSA) is 84.7 Å². The van der Waals surface area contributed by atoms with Crippen molar-refractivity contribution in [2.45, 2.75) is 46.5 Å². The van der Waals surface area contributed by atoms with Gasteiger partial charge in [-0.2, -0.15) is 5.10 Å². The van der Waals surface area contributed by atoms with Crippen LogP contribution >= 0.6 is 11.3 Å². The minimum Gasteiger partial charge on any atom is -0.497 e. The molecule has 0 atom stereocenters. The zero-order valence-corrected chi connectivity index (χ0v) is 23.4. The number of nitrogens with zero attached hydrogens (tertiary/aromatic N) is 2. The van der Waals surface area contributed by atoms with Crippen molar-refractivity contribution >= 4 is 35.1 Å². The van der Waals surface area contributed by atoms with Crippen LogP contribution < -0.4 is 15.5 Å². The quantitative estimate of drug-likeness (QED) is 0.211. The molecule has 5 rings (SSSR count). The highest BCUT2D eigenvalue weighted by Crippen LogP contribution is 2.39. The second-order valence-electron chi connectivity index (χ2n) is 9.80. The van der Waals surface area contributed by atoms with Gasteiger partial charge in [-0.25, -0.2) is 5.43 Å². The number of thiophene rings is 1. The van der Waals surface area contributed by atoms with E-state index in [0.717, 1.165) is 64.4 Å². The number of carbonyl (C=O) groups excluding carboxylic acids is 2. The van der Waals surface area contributed by atoms with Crippen LogP contribution in [0.2, 0.25) is 0 Å². The second-order valence-corrected chi connectivity index (χ2v) is 10.9. The first-order valence-corrected chi connectivity index (χ1v) is 13.9. The number of hydrazone groups is 1. The summed E-state index contributed by atoms with van der Waals surface area (Å²) in [6, 6.07) is 16.8. The van der Waals surface area contributed by atoms with Crippen molar-refractivity contribution in [2.24, 2.45) is 5.10 Å². The van der Waals surface area contributed by atoms with E-state index >= 15 is 0 Å². The van der Waals surface area contributed by atoms with Gasteiger partial charge in [-0.05, 0) is 88.4 Å². The predicted molar refractivity (Wildman–Crippen MR) is 157 cm³/mol. The standard InChI is InChI=1S/C31H32N4O3S/c1-19-12-14-24(15-13-19)33-30(37)28-26-10-5-6-11-27(26)39-31(28)35-20(2)16-23(21(35)3)18-32-34-29(36)22-8-7-9-25(17-22)38-4/h7-9,12-18H,5-6,10-11H2,1-4H3,(H,33,37)(H,34,36)/b32-18-. The van der Waals surface area contributed by atoms with Crippen LogP contribution in [0.1, 0.15) is 66.5 Å². The lowest BCUT2D eigenvalue weighted by atomic mass is 9.95. The Balaban J connectivity index is 1.44. The number of nitrogens with one attached hydrogen (secondary N) is 2. The van der Waals surface area contributed by atoms with E-state index < -0.39 is 0 Å². The molecule has 0 radical (unpaired) electrons. The molecule has 0 saturated heterocycles. The van der Waals surface area contributed by atoms with Crippen molar-refractivity contribution in [3.63, 3.8) is 0 Å². The first-order valence-electron chi connectivity index (χ1n) is 13.0. The average Bonchev–Trinajstić information content (AvgIpc) is 3.45. The number of ether oxygens (including phenoxy) is 1. The molecule has 0 unspecified atom stereocenters. The van der Waals surface area contributed by atoms with E-state index in [9.17, 15) is 9.59 Å². The molecule has 0 saturated carbocycles. The third kappa shape index (κ3) is 5.52. The summed E-state index contributed by atoms with van der Waals surface area (Å²) in [4.78, 5) is 27.5. The molecule has 2 aromatic heterocycles. The van der Waals surface area contributed by atoms with Crippen LogP contribution in [-0.4, -0.2) is 29.7 Å². The van der Waals surface area contributed by atoms with Crippen LogP contribution in [-0.2, 0) is 12.8 Å². The minimum absolute atomic E-state index is 0.0819. The summed E-state index contributed by atoms with van der Waals surface area (Å²) in [6.45, 7) is 6.07. The van der Waals surface area contributed by atoms with Crippen molar-refractivity contribution in [1.82, 2.24) is 9.99 Å². The Morgan fingerprint density at radius 3 is 2.54 bits per heavy atom. The number of carbonyl (C=O) groups is 2. The normalized spacial score (nSPS) is 12.8. The van der Waals surface area contributed by atoms with Crippen LogP contribution in [0, 0.1) is 20.8 Å². The van der Waals surface area contributed by atoms with Crippen molar-refractivity contribution in [1.29, 1.82) is 0 Å². The van der Waals surface area contributed by atoms with Crippen molar-refractivity contribution in [3.05, 3.63) is 98.7 Å². The number of fused-ring (bicyclic) bond motifs is 1. The molecular weight excluding hydrogens is 508 g/mol. The summed E-state index contributed by atoms with van der Waals surface area (Å²) in [5, 5.41) is 8.27. The van der Waals surface area contributed by atoms with Gasteiger partial charge in [0.1, 0.15) is 10.8 Å². The van der Waals surface area contributed by atoms with E-state index in [4.69, 9.17) is 4.74 Å². The number of methoxy groups -OCH3 is 1. The third-order valence-electron chi connectivity index (χ3n) is 7.06. The Labute approximate surface area is 232 Å². The second kappa shape index (κ2) is 11.3. The van der Waals surface area contributed by atoms with E-state index in [-0.39, 0.29) is 11.8 Å². The highest BCUT2D eigenvalue weighted by atomic mass is 32.1. The maximum Gasteiger partial charge on any atom is 0.271 e. The van der Waals surface area contributed by atoms with Gasteiger partial charge in [-0.3, -0.25) is 9.59 Å². The molecule has 0 fully saturated rings. The minimum atomic E-state index is -0.319. The zero-order valence-electron chi connectivity index (χ0n) is 22.6. The van der Waals surface area contributed by atoms with Crippen molar-refractivity contribution < 1.29 is 14.3 Å². The summed E-state index contributed by atoms with van der Waals surface area (Å²) in [6.07, 6.45) is 5.78. The molecule has 0 bridgehead atoms. The summed E-state index contributed by atoms with van der Waals surface area (Å²) >= 11 is 1.70. The average molecular weight is 541 g/mol. The van der Waals surface area contributed by atoms with E-state index in [1.54, 1.807) is 48.9 Å². The lowest BCUT2D eigenvalue weighted by Gasteiger charge is -2.14. The zero-order chi connectivity index (χ0) is 27.5. The van der Waals surface area contributed by atoms with Crippen molar-refractivity contribution in [2.75, 3.05) is 12.4 Å². The first-order chi connectivity index (χ1) is 18.9. The molecule has 200 valence electrons. The lowest BCUT2D eigenvalue weighted by molar-refractivity contribution is 0.0954. The van der Waals surface area contributed by atoms with E-state index in [0.29, 0.717) is 11.3 Å².